The molecule has 0 heterocycles. The summed E-state index contributed by atoms with van der Waals surface area (Å²) in [4.78, 5) is 11.8. The maximum absolute atomic E-state index is 14.5. The van der Waals surface area contributed by atoms with Crippen molar-refractivity contribution in [2.45, 2.75) is 35.3 Å². The van der Waals surface area contributed by atoms with Crippen molar-refractivity contribution in [3.63, 3.8) is 0 Å². The zero-order valence-corrected chi connectivity index (χ0v) is 14.7. The average molecular weight is 505 g/mol. The number of amides is 1. The third kappa shape index (κ3) is 2.50. The van der Waals surface area contributed by atoms with Crippen LogP contribution in [0, 0.1) is 11.3 Å². The Balaban J connectivity index is 2.68. The van der Waals surface area contributed by atoms with Crippen LogP contribution in [0.15, 0.2) is 22.7 Å². The van der Waals surface area contributed by atoms with Crippen LogP contribution in [-0.2, 0) is 4.79 Å². The largest absolute Gasteiger partial charge is 0.384 e. The number of nitriles is 1. The summed E-state index contributed by atoms with van der Waals surface area (Å²) in [6.07, 6.45) is 0. The quantitative estimate of drug-likeness (QED) is 0.566. The zero-order chi connectivity index (χ0) is 22.8. The summed E-state index contributed by atoms with van der Waals surface area (Å²) in [7, 11) is 0. The molecule has 1 amide bonds. The molecule has 0 bridgehead atoms. The summed E-state index contributed by atoms with van der Waals surface area (Å²) in [5, 5.41) is 9.57. The second-order valence-corrected chi connectivity index (χ2v) is 6.65. The van der Waals surface area contributed by atoms with Crippen molar-refractivity contribution in [2.75, 3.05) is 5.32 Å². The van der Waals surface area contributed by atoms with E-state index in [2.05, 4.69) is 15.9 Å². The standard InChI is InChI=1S/C14H4BrF11N2O/c15-6-3-5(4-27)1-2-7(6)28-8(29)9(16)10(17,18)12(21,22)14(25,26)13(23,24)11(9,19)20/h1-3H,(H,28,29). The van der Waals surface area contributed by atoms with E-state index in [1.54, 1.807) is 0 Å². The van der Waals surface area contributed by atoms with Gasteiger partial charge >= 0.3 is 35.3 Å². The van der Waals surface area contributed by atoms with Crippen LogP contribution >= 0.6 is 15.9 Å². The summed E-state index contributed by atoms with van der Waals surface area (Å²) < 4.78 is 149. The lowest BCUT2D eigenvalue weighted by Gasteiger charge is -2.51. The van der Waals surface area contributed by atoms with E-state index in [0.717, 1.165) is 17.4 Å². The second kappa shape index (κ2) is 6.19. The number of hydrogen-bond acceptors (Lipinski definition) is 2. The number of anilines is 1. The number of benzene rings is 1. The summed E-state index contributed by atoms with van der Waals surface area (Å²) in [5.41, 5.74) is -7.85. The first-order chi connectivity index (χ1) is 12.8. The molecule has 1 aliphatic carbocycles. The molecule has 0 unspecified atom stereocenters. The molecule has 29 heavy (non-hydrogen) atoms. The Morgan fingerprint density at radius 3 is 1.62 bits per heavy atom. The topological polar surface area (TPSA) is 52.9 Å². The van der Waals surface area contributed by atoms with Crippen LogP contribution in [0.4, 0.5) is 54.0 Å². The van der Waals surface area contributed by atoms with E-state index >= 15 is 0 Å². The second-order valence-electron chi connectivity index (χ2n) is 5.79. The van der Waals surface area contributed by atoms with Gasteiger partial charge in [0.15, 0.2) is 0 Å². The number of halogens is 12. The van der Waals surface area contributed by atoms with Gasteiger partial charge in [-0.1, -0.05) is 0 Å². The number of rotatable bonds is 2. The highest BCUT2D eigenvalue weighted by molar-refractivity contribution is 9.10. The van der Waals surface area contributed by atoms with Gasteiger partial charge in [0.25, 0.3) is 5.91 Å². The molecule has 160 valence electrons. The van der Waals surface area contributed by atoms with Gasteiger partial charge in [-0.15, -0.1) is 0 Å². The number of nitrogens with one attached hydrogen (secondary N) is 1. The van der Waals surface area contributed by atoms with Crippen LogP contribution in [0.3, 0.4) is 0 Å². The van der Waals surface area contributed by atoms with Crippen molar-refractivity contribution in [3.8, 4) is 6.07 Å². The number of alkyl halides is 11. The van der Waals surface area contributed by atoms with E-state index in [4.69, 9.17) is 5.26 Å². The molecule has 1 saturated carbocycles. The van der Waals surface area contributed by atoms with Gasteiger partial charge in [-0.3, -0.25) is 4.79 Å². The highest BCUT2D eigenvalue weighted by Gasteiger charge is 3.02. The molecule has 0 aromatic heterocycles. The molecular weight excluding hydrogens is 501 g/mol. The first kappa shape index (κ1) is 23.2. The molecule has 1 N–H and O–H groups in total. The number of nitrogens with zero attached hydrogens (tertiary/aromatic N) is 1. The molecule has 1 fully saturated rings. The molecule has 15 heteroatoms. The maximum Gasteiger partial charge on any atom is 0.384 e. The lowest BCUT2D eigenvalue weighted by molar-refractivity contribution is -0.475. The fourth-order valence-corrected chi connectivity index (χ4v) is 2.88. The van der Waals surface area contributed by atoms with E-state index in [1.165, 1.54) is 6.07 Å². The first-order valence-corrected chi connectivity index (χ1v) is 7.73. The van der Waals surface area contributed by atoms with E-state index < -0.39 is 51.3 Å². The Bertz CT molecular complexity index is 879. The van der Waals surface area contributed by atoms with E-state index in [1.807, 2.05) is 0 Å². The fourth-order valence-electron chi connectivity index (χ4n) is 2.40. The summed E-state index contributed by atoms with van der Waals surface area (Å²) in [6, 6.07) is 3.80. The van der Waals surface area contributed by atoms with Crippen LogP contribution < -0.4 is 5.32 Å². The number of carbonyl (C=O) groups excluding carboxylic acids is 1. The third-order valence-corrected chi connectivity index (χ3v) is 4.76. The van der Waals surface area contributed by atoms with E-state index in [9.17, 15) is 53.1 Å². The van der Waals surface area contributed by atoms with Crippen LogP contribution in [-0.4, -0.2) is 41.2 Å². The van der Waals surface area contributed by atoms with Gasteiger partial charge in [-0.2, -0.15) is 49.2 Å². The van der Waals surface area contributed by atoms with Gasteiger partial charge in [-0.05, 0) is 34.1 Å². The van der Waals surface area contributed by atoms with Crippen LogP contribution in [0.25, 0.3) is 0 Å². The van der Waals surface area contributed by atoms with Crippen molar-refractivity contribution in [1.82, 2.24) is 0 Å². The smallest absolute Gasteiger partial charge is 0.322 e. The minimum absolute atomic E-state index is 0.170. The predicted octanol–water partition coefficient (Wildman–Crippen LogP) is 5.16. The lowest BCUT2D eigenvalue weighted by atomic mass is 9.71. The molecule has 2 rings (SSSR count). The predicted molar refractivity (Wildman–Crippen MR) is 76.1 cm³/mol. The Morgan fingerprint density at radius 2 is 1.24 bits per heavy atom. The first-order valence-electron chi connectivity index (χ1n) is 6.93. The minimum atomic E-state index is -7.40. The average Bonchev–Trinajstić information content (AvgIpc) is 2.60. The van der Waals surface area contributed by atoms with Crippen molar-refractivity contribution in [1.29, 1.82) is 5.26 Å². The van der Waals surface area contributed by atoms with Crippen molar-refractivity contribution in [3.05, 3.63) is 28.2 Å². The maximum atomic E-state index is 14.5. The molecule has 1 aliphatic rings. The van der Waals surface area contributed by atoms with E-state index in [-0.39, 0.29) is 5.56 Å². The van der Waals surface area contributed by atoms with Gasteiger partial charge in [0.2, 0.25) is 0 Å². The molecule has 0 aliphatic heterocycles. The fraction of sp³-hybridized carbons (Fsp3) is 0.429. The summed E-state index contributed by atoms with van der Waals surface area (Å²) >= 11 is 2.60. The number of carbonyl (C=O) groups is 1. The van der Waals surface area contributed by atoms with Gasteiger partial charge in [0.05, 0.1) is 17.3 Å². The Labute approximate surface area is 161 Å². The monoisotopic (exact) mass is 504 g/mol. The Morgan fingerprint density at radius 1 is 0.828 bits per heavy atom. The van der Waals surface area contributed by atoms with Crippen molar-refractivity contribution < 1.29 is 53.1 Å². The Hall–Kier alpha value is -2.11. The van der Waals surface area contributed by atoms with Crippen LogP contribution in [0.2, 0.25) is 0 Å². The minimum Gasteiger partial charge on any atom is -0.322 e. The zero-order valence-electron chi connectivity index (χ0n) is 13.1. The molecule has 0 atom stereocenters. The van der Waals surface area contributed by atoms with Crippen LogP contribution in [0.5, 0.6) is 0 Å². The molecule has 1 aromatic carbocycles. The normalized spacial score (nSPS) is 24.9. The van der Waals surface area contributed by atoms with E-state index in [0.29, 0.717) is 6.07 Å². The highest BCUT2D eigenvalue weighted by Crippen LogP contribution is 2.69. The molecule has 0 spiro atoms. The summed E-state index contributed by atoms with van der Waals surface area (Å²) in [6.45, 7) is 0. The molecule has 3 nitrogen and oxygen atoms in total. The number of hydrogen-bond donors (Lipinski definition) is 1. The molecule has 0 saturated heterocycles. The molecule has 0 radical (unpaired) electrons. The Kier molecular flexibility index (Phi) is 4.95. The summed E-state index contributed by atoms with van der Waals surface area (Å²) in [5.74, 6) is -40.1. The molecular formula is C14H4BrF11N2O. The van der Waals surface area contributed by atoms with Gasteiger partial charge in [0.1, 0.15) is 0 Å². The van der Waals surface area contributed by atoms with Crippen molar-refractivity contribution in [2.24, 2.45) is 0 Å². The van der Waals surface area contributed by atoms with Gasteiger partial charge in [0, 0.05) is 4.47 Å². The SMILES string of the molecule is N#Cc1ccc(NC(=O)C2(F)C(F)(F)C(F)(F)C(F)(F)C(F)(F)C2(F)F)c(Br)c1. The van der Waals surface area contributed by atoms with Crippen molar-refractivity contribution >= 4 is 27.5 Å². The van der Waals surface area contributed by atoms with Gasteiger partial charge < -0.3 is 5.32 Å². The lowest BCUT2D eigenvalue weighted by Crippen LogP contribution is -2.86. The van der Waals surface area contributed by atoms with Gasteiger partial charge in [-0.25, -0.2) is 4.39 Å². The third-order valence-electron chi connectivity index (χ3n) is 4.10. The van der Waals surface area contributed by atoms with Crippen LogP contribution in [0.1, 0.15) is 5.56 Å². The highest BCUT2D eigenvalue weighted by atomic mass is 79.9. The molecule has 1 aromatic rings.